The predicted molar refractivity (Wildman–Crippen MR) is 95.8 cm³/mol. The number of carbonyl (C=O) groups excluding carboxylic acids is 1. The van der Waals surface area contributed by atoms with Gasteiger partial charge in [0.05, 0.1) is 6.10 Å². The van der Waals surface area contributed by atoms with E-state index in [1.807, 2.05) is 18.2 Å². The number of ketones is 1. The molecule has 4 heteroatoms. The summed E-state index contributed by atoms with van der Waals surface area (Å²) in [5, 5.41) is 18.7. The van der Waals surface area contributed by atoms with E-state index in [0.29, 0.717) is 19.3 Å². The van der Waals surface area contributed by atoms with Gasteiger partial charge in [-0.2, -0.15) is 0 Å². The van der Waals surface area contributed by atoms with Crippen LogP contribution in [0, 0.1) is 11.8 Å². The van der Waals surface area contributed by atoms with Crippen molar-refractivity contribution in [2.24, 2.45) is 11.8 Å². The van der Waals surface area contributed by atoms with E-state index in [1.165, 1.54) is 19.3 Å². The smallest absolute Gasteiger partial charge is 0.303 e. The van der Waals surface area contributed by atoms with Gasteiger partial charge < -0.3 is 10.2 Å². The number of hydrogen-bond donors (Lipinski definition) is 2. The molecule has 0 spiro atoms. The highest BCUT2D eigenvalue weighted by atomic mass is 16.4. The third-order valence-electron chi connectivity index (χ3n) is 4.63. The van der Waals surface area contributed by atoms with Gasteiger partial charge in [-0.15, -0.1) is 0 Å². The van der Waals surface area contributed by atoms with E-state index < -0.39 is 12.1 Å². The van der Waals surface area contributed by atoms with Crippen molar-refractivity contribution < 1.29 is 19.8 Å². The van der Waals surface area contributed by atoms with Gasteiger partial charge in [0.1, 0.15) is 5.78 Å². The molecule has 4 nitrogen and oxygen atoms in total. The summed E-state index contributed by atoms with van der Waals surface area (Å²) in [5.74, 6) is -0.852. The fourth-order valence-corrected chi connectivity index (χ4v) is 3.20. The Kier molecular flexibility index (Phi) is 10.3. The molecular formula is C20H32O4. The molecule has 136 valence electrons. The van der Waals surface area contributed by atoms with Crippen LogP contribution in [0.3, 0.4) is 0 Å². The molecule has 0 saturated heterocycles. The Morgan fingerprint density at radius 3 is 2.58 bits per heavy atom. The fraction of sp³-hybridized carbons (Fsp3) is 0.700. The highest BCUT2D eigenvalue weighted by Gasteiger charge is 2.38. The third-order valence-corrected chi connectivity index (χ3v) is 4.63. The number of aliphatic hydroxyl groups excluding tert-OH is 1. The lowest BCUT2D eigenvalue weighted by Gasteiger charge is -2.15. The molecule has 0 aliphatic heterocycles. The van der Waals surface area contributed by atoms with E-state index in [4.69, 9.17) is 5.11 Å². The van der Waals surface area contributed by atoms with Crippen LogP contribution in [0.5, 0.6) is 0 Å². The van der Waals surface area contributed by atoms with Crippen LogP contribution in [0.4, 0.5) is 0 Å². The summed E-state index contributed by atoms with van der Waals surface area (Å²) in [6.45, 7) is 2.19. The largest absolute Gasteiger partial charge is 0.481 e. The number of carbonyl (C=O) groups is 2. The summed E-state index contributed by atoms with van der Waals surface area (Å²) < 4.78 is 0. The molecule has 0 aromatic carbocycles. The van der Waals surface area contributed by atoms with Gasteiger partial charge in [0.15, 0.2) is 0 Å². The van der Waals surface area contributed by atoms with Crippen molar-refractivity contribution in [1.82, 2.24) is 0 Å². The average Bonchev–Trinajstić information content (AvgIpc) is 2.80. The summed E-state index contributed by atoms with van der Waals surface area (Å²) in [6.07, 6.45) is 15.8. The molecule has 1 unspecified atom stereocenters. The van der Waals surface area contributed by atoms with Crippen LogP contribution in [0.1, 0.15) is 71.1 Å². The van der Waals surface area contributed by atoms with Crippen molar-refractivity contribution in [3.63, 3.8) is 0 Å². The van der Waals surface area contributed by atoms with Crippen LogP contribution in [0.2, 0.25) is 0 Å². The Hall–Kier alpha value is -1.42. The molecule has 24 heavy (non-hydrogen) atoms. The SMILES string of the molecule is CCCCCC/C=C/[C@H]1C(O)CC(=O)[C@@H]1C/C=C\CCCC(=O)O. The summed E-state index contributed by atoms with van der Waals surface area (Å²) in [7, 11) is 0. The zero-order valence-electron chi connectivity index (χ0n) is 14.8. The van der Waals surface area contributed by atoms with E-state index in [9.17, 15) is 14.7 Å². The zero-order chi connectivity index (χ0) is 17.8. The molecule has 1 rings (SSSR count). The predicted octanol–water partition coefficient (Wildman–Crippen LogP) is 4.28. The van der Waals surface area contributed by atoms with Gasteiger partial charge in [0, 0.05) is 24.7 Å². The first-order valence-corrected chi connectivity index (χ1v) is 9.30. The van der Waals surface area contributed by atoms with Crippen molar-refractivity contribution in [3.8, 4) is 0 Å². The third kappa shape index (κ3) is 7.91. The minimum Gasteiger partial charge on any atom is -0.481 e. The molecule has 2 N–H and O–H groups in total. The van der Waals surface area contributed by atoms with E-state index >= 15 is 0 Å². The minimum absolute atomic E-state index is 0.0765. The van der Waals surface area contributed by atoms with Gasteiger partial charge in [0.25, 0.3) is 0 Å². The Labute approximate surface area is 145 Å². The molecule has 3 atom stereocenters. The number of Topliss-reactive ketones (excluding diaryl/α,β-unsaturated/α-hetero) is 1. The number of carboxylic acids is 1. The van der Waals surface area contributed by atoms with Gasteiger partial charge in [-0.1, -0.05) is 50.5 Å². The van der Waals surface area contributed by atoms with Crippen molar-refractivity contribution in [2.75, 3.05) is 0 Å². The Morgan fingerprint density at radius 1 is 1.12 bits per heavy atom. The Morgan fingerprint density at radius 2 is 1.88 bits per heavy atom. The first kappa shape index (κ1) is 20.6. The molecule has 1 saturated carbocycles. The monoisotopic (exact) mass is 336 g/mol. The lowest BCUT2D eigenvalue weighted by atomic mass is 9.90. The van der Waals surface area contributed by atoms with E-state index in [2.05, 4.69) is 13.0 Å². The number of aliphatic hydroxyl groups is 1. The van der Waals surface area contributed by atoms with Gasteiger partial charge in [-0.3, -0.25) is 9.59 Å². The van der Waals surface area contributed by atoms with Crippen molar-refractivity contribution in [2.45, 2.75) is 77.2 Å². The van der Waals surface area contributed by atoms with Crippen LogP contribution in [0.25, 0.3) is 0 Å². The summed E-state index contributed by atoms with van der Waals surface area (Å²) in [6, 6.07) is 0. The van der Waals surface area contributed by atoms with Crippen molar-refractivity contribution >= 4 is 11.8 Å². The highest BCUT2D eigenvalue weighted by molar-refractivity contribution is 5.84. The van der Waals surface area contributed by atoms with Crippen LogP contribution in [-0.4, -0.2) is 28.1 Å². The van der Waals surface area contributed by atoms with Gasteiger partial charge in [-0.25, -0.2) is 0 Å². The number of unbranched alkanes of at least 4 members (excludes halogenated alkanes) is 5. The number of aliphatic carboxylic acids is 1. The second-order valence-electron chi connectivity index (χ2n) is 6.69. The number of hydrogen-bond acceptors (Lipinski definition) is 3. The zero-order valence-corrected chi connectivity index (χ0v) is 14.8. The molecule has 1 aliphatic rings. The molecular weight excluding hydrogens is 304 g/mol. The summed E-state index contributed by atoms with van der Waals surface area (Å²) >= 11 is 0. The van der Waals surface area contributed by atoms with E-state index in [0.717, 1.165) is 12.8 Å². The Balaban J connectivity index is 2.39. The van der Waals surface area contributed by atoms with Crippen molar-refractivity contribution in [3.05, 3.63) is 24.3 Å². The van der Waals surface area contributed by atoms with Crippen LogP contribution in [0.15, 0.2) is 24.3 Å². The van der Waals surface area contributed by atoms with E-state index in [1.54, 1.807) is 0 Å². The molecule has 0 heterocycles. The maximum absolute atomic E-state index is 12.1. The molecule has 0 aromatic rings. The first-order valence-electron chi connectivity index (χ1n) is 9.30. The number of carboxylic acid groups (broad SMARTS) is 1. The second-order valence-corrected chi connectivity index (χ2v) is 6.69. The van der Waals surface area contributed by atoms with Gasteiger partial charge in [0.2, 0.25) is 0 Å². The lowest BCUT2D eigenvalue weighted by molar-refractivity contribution is -0.137. The quantitative estimate of drug-likeness (QED) is 0.412. The fourth-order valence-electron chi connectivity index (χ4n) is 3.20. The minimum atomic E-state index is -0.776. The average molecular weight is 336 g/mol. The molecule has 1 aliphatic carbocycles. The molecule has 1 fully saturated rings. The van der Waals surface area contributed by atoms with Crippen LogP contribution >= 0.6 is 0 Å². The standard InChI is InChI=1S/C20H32O4/c1-2-3-4-5-6-9-12-16-17(19(22)15-18(16)21)13-10-7-8-11-14-20(23)24/h7,9-10,12,16-18,21H,2-6,8,11,13-15H2,1H3,(H,23,24)/b10-7-,12-9+/t16-,17-,18?/m1/s1. The molecule has 0 bridgehead atoms. The van der Waals surface area contributed by atoms with Crippen LogP contribution < -0.4 is 0 Å². The topological polar surface area (TPSA) is 74.6 Å². The maximum atomic E-state index is 12.1. The molecule has 0 aromatic heterocycles. The lowest BCUT2D eigenvalue weighted by Crippen LogP contribution is -2.17. The highest BCUT2D eigenvalue weighted by Crippen LogP contribution is 2.33. The number of rotatable bonds is 12. The first-order chi connectivity index (χ1) is 11.6. The van der Waals surface area contributed by atoms with Gasteiger partial charge >= 0.3 is 5.97 Å². The van der Waals surface area contributed by atoms with E-state index in [-0.39, 0.29) is 30.5 Å². The molecule has 0 amide bonds. The normalized spacial score (nSPS) is 24.4. The van der Waals surface area contributed by atoms with Crippen molar-refractivity contribution in [1.29, 1.82) is 0 Å². The van der Waals surface area contributed by atoms with Crippen LogP contribution in [-0.2, 0) is 9.59 Å². The second kappa shape index (κ2) is 12.0. The maximum Gasteiger partial charge on any atom is 0.303 e. The Bertz CT molecular complexity index is 439. The summed E-state index contributed by atoms with van der Waals surface area (Å²) in [5.41, 5.74) is 0. The van der Waals surface area contributed by atoms with Gasteiger partial charge in [-0.05, 0) is 32.1 Å². The molecule has 0 radical (unpaired) electrons. The summed E-state index contributed by atoms with van der Waals surface area (Å²) in [4.78, 5) is 22.5. The number of allylic oxidation sites excluding steroid dienone is 3.